The third-order valence-electron chi connectivity index (χ3n) is 3.74. The van der Waals surface area contributed by atoms with Crippen molar-refractivity contribution in [1.29, 1.82) is 0 Å². The Balaban J connectivity index is 1.62. The fourth-order valence-electron chi connectivity index (χ4n) is 2.67. The first kappa shape index (κ1) is 13.6. The average molecular weight is 250 g/mol. The summed E-state index contributed by atoms with van der Waals surface area (Å²) in [5.41, 5.74) is 1.25. The lowest BCUT2D eigenvalue weighted by Crippen LogP contribution is -2.36. The van der Waals surface area contributed by atoms with E-state index in [9.17, 15) is 0 Å². The minimum Gasteiger partial charge on any atom is -0.311 e. The molecule has 1 N–H and O–H groups in total. The fraction of sp³-hybridized carbons (Fsp3) is 0.786. The smallest absolute Gasteiger partial charge is 0.0518 e. The van der Waals surface area contributed by atoms with Crippen LogP contribution in [0.5, 0.6) is 0 Å². The van der Waals surface area contributed by atoms with Crippen LogP contribution in [0.3, 0.4) is 0 Å². The van der Waals surface area contributed by atoms with Gasteiger partial charge in [0.2, 0.25) is 0 Å². The first-order valence-electron chi connectivity index (χ1n) is 7.15. The number of hydrogen-bond donors (Lipinski definition) is 1. The van der Waals surface area contributed by atoms with Gasteiger partial charge in [0.05, 0.1) is 5.69 Å². The normalized spacial score (nSPS) is 19.0. The van der Waals surface area contributed by atoms with Crippen LogP contribution in [0.25, 0.3) is 0 Å². The number of nitrogens with one attached hydrogen (secondary N) is 1. The topological polar surface area (TPSA) is 33.1 Å². The summed E-state index contributed by atoms with van der Waals surface area (Å²) in [6, 6.07) is 2.07. The number of aromatic nitrogens is 2. The van der Waals surface area contributed by atoms with Crippen LogP contribution < -0.4 is 5.32 Å². The summed E-state index contributed by atoms with van der Waals surface area (Å²) < 4.78 is 1.93. The predicted octanol–water partition coefficient (Wildman–Crippen LogP) is 1.63. The largest absolute Gasteiger partial charge is 0.311 e. The van der Waals surface area contributed by atoms with Gasteiger partial charge in [-0.2, -0.15) is 5.10 Å². The van der Waals surface area contributed by atoms with Gasteiger partial charge in [-0.25, -0.2) is 0 Å². The highest BCUT2D eigenvalue weighted by Gasteiger charge is 2.13. The minimum atomic E-state index is 0.719. The minimum absolute atomic E-state index is 0.719. The van der Waals surface area contributed by atoms with Crippen molar-refractivity contribution >= 4 is 0 Å². The highest BCUT2D eigenvalue weighted by molar-refractivity contribution is 4.99. The molecule has 0 saturated carbocycles. The van der Waals surface area contributed by atoms with Crippen LogP contribution in [0.1, 0.15) is 31.9 Å². The standard InChI is InChI=1S/C14H26N4/c1-13(12-18-8-4-3-5-9-18)10-15-11-14-6-7-16-17(14)2/h6-7,13,15H,3-5,8-12H2,1-2H3. The van der Waals surface area contributed by atoms with Crippen molar-refractivity contribution in [3.8, 4) is 0 Å². The Kier molecular flexibility index (Phi) is 5.20. The van der Waals surface area contributed by atoms with Crippen LogP contribution in [0, 0.1) is 5.92 Å². The van der Waals surface area contributed by atoms with Crippen molar-refractivity contribution in [2.75, 3.05) is 26.2 Å². The quantitative estimate of drug-likeness (QED) is 0.833. The molecule has 0 aromatic carbocycles. The Bertz CT molecular complexity index is 341. The lowest BCUT2D eigenvalue weighted by molar-refractivity contribution is 0.199. The molecule has 1 atom stereocenters. The maximum absolute atomic E-state index is 4.18. The molecular formula is C14H26N4. The highest BCUT2D eigenvalue weighted by Crippen LogP contribution is 2.10. The van der Waals surface area contributed by atoms with Crippen LogP contribution in [0.2, 0.25) is 0 Å². The molecule has 0 amide bonds. The third kappa shape index (κ3) is 4.10. The fourth-order valence-corrected chi connectivity index (χ4v) is 2.67. The molecule has 18 heavy (non-hydrogen) atoms. The molecule has 1 aliphatic rings. The zero-order valence-corrected chi connectivity index (χ0v) is 11.7. The summed E-state index contributed by atoms with van der Waals surface area (Å²) >= 11 is 0. The molecule has 1 aromatic rings. The van der Waals surface area contributed by atoms with Crippen molar-refractivity contribution in [3.05, 3.63) is 18.0 Å². The van der Waals surface area contributed by atoms with E-state index in [0.29, 0.717) is 0 Å². The second kappa shape index (κ2) is 6.90. The van der Waals surface area contributed by atoms with E-state index in [0.717, 1.165) is 19.0 Å². The van der Waals surface area contributed by atoms with Crippen molar-refractivity contribution in [2.24, 2.45) is 13.0 Å². The van der Waals surface area contributed by atoms with Crippen LogP contribution in [0.15, 0.2) is 12.3 Å². The van der Waals surface area contributed by atoms with Crippen LogP contribution in [0.4, 0.5) is 0 Å². The molecule has 0 aliphatic carbocycles. The van der Waals surface area contributed by atoms with Crippen molar-refractivity contribution in [1.82, 2.24) is 20.0 Å². The Labute approximate surface area is 110 Å². The second-order valence-corrected chi connectivity index (χ2v) is 5.54. The van der Waals surface area contributed by atoms with Gasteiger partial charge in [-0.15, -0.1) is 0 Å². The van der Waals surface area contributed by atoms with Gasteiger partial charge in [-0.05, 0) is 44.5 Å². The zero-order chi connectivity index (χ0) is 12.8. The summed E-state index contributed by atoms with van der Waals surface area (Å²) in [7, 11) is 1.99. The van der Waals surface area contributed by atoms with Gasteiger partial charge < -0.3 is 10.2 Å². The van der Waals surface area contributed by atoms with E-state index < -0.39 is 0 Å². The third-order valence-corrected chi connectivity index (χ3v) is 3.74. The average Bonchev–Trinajstić information content (AvgIpc) is 2.76. The molecule has 0 bridgehead atoms. The van der Waals surface area contributed by atoms with Gasteiger partial charge in [0.1, 0.15) is 0 Å². The van der Waals surface area contributed by atoms with E-state index in [1.54, 1.807) is 0 Å². The number of likely N-dealkylation sites (tertiary alicyclic amines) is 1. The molecule has 1 aromatic heterocycles. The first-order chi connectivity index (χ1) is 8.75. The molecule has 0 radical (unpaired) electrons. The Hall–Kier alpha value is -0.870. The van der Waals surface area contributed by atoms with Crippen LogP contribution in [-0.4, -0.2) is 40.9 Å². The summed E-state index contributed by atoms with van der Waals surface area (Å²) in [5, 5.41) is 7.71. The monoisotopic (exact) mass is 250 g/mol. The molecule has 1 fully saturated rings. The maximum Gasteiger partial charge on any atom is 0.0518 e. The molecule has 2 heterocycles. The molecule has 4 nitrogen and oxygen atoms in total. The maximum atomic E-state index is 4.18. The van der Waals surface area contributed by atoms with Gasteiger partial charge in [0, 0.05) is 26.3 Å². The highest BCUT2D eigenvalue weighted by atomic mass is 15.3. The Morgan fingerprint density at radius 1 is 1.33 bits per heavy atom. The number of nitrogens with zero attached hydrogens (tertiary/aromatic N) is 3. The number of aryl methyl sites for hydroxylation is 1. The van der Waals surface area contributed by atoms with Gasteiger partial charge in [0.15, 0.2) is 0 Å². The van der Waals surface area contributed by atoms with E-state index in [1.807, 2.05) is 17.9 Å². The summed E-state index contributed by atoms with van der Waals surface area (Å²) in [5.74, 6) is 0.719. The van der Waals surface area contributed by atoms with Crippen LogP contribution in [-0.2, 0) is 13.6 Å². The Morgan fingerprint density at radius 2 is 2.11 bits per heavy atom. The first-order valence-corrected chi connectivity index (χ1v) is 7.15. The number of rotatable bonds is 6. The molecule has 2 rings (SSSR count). The zero-order valence-electron chi connectivity index (χ0n) is 11.7. The summed E-state index contributed by atoms with van der Waals surface area (Å²) in [6.07, 6.45) is 6.04. The molecule has 1 aliphatic heterocycles. The second-order valence-electron chi connectivity index (χ2n) is 5.54. The van der Waals surface area contributed by atoms with E-state index in [-0.39, 0.29) is 0 Å². The molecule has 0 spiro atoms. The van der Waals surface area contributed by atoms with E-state index in [2.05, 4.69) is 28.3 Å². The summed E-state index contributed by atoms with van der Waals surface area (Å²) in [6.45, 7) is 8.17. The SMILES string of the molecule is CC(CNCc1ccnn1C)CN1CCCCC1. The van der Waals surface area contributed by atoms with Crippen molar-refractivity contribution in [2.45, 2.75) is 32.7 Å². The number of piperidine rings is 1. The van der Waals surface area contributed by atoms with Crippen LogP contribution >= 0.6 is 0 Å². The van der Waals surface area contributed by atoms with E-state index in [1.165, 1.54) is 44.6 Å². The van der Waals surface area contributed by atoms with Gasteiger partial charge >= 0.3 is 0 Å². The molecule has 4 heteroatoms. The number of hydrogen-bond acceptors (Lipinski definition) is 3. The van der Waals surface area contributed by atoms with Crippen molar-refractivity contribution in [3.63, 3.8) is 0 Å². The van der Waals surface area contributed by atoms with Gasteiger partial charge in [0.25, 0.3) is 0 Å². The summed E-state index contributed by atoms with van der Waals surface area (Å²) in [4.78, 5) is 2.61. The van der Waals surface area contributed by atoms with E-state index >= 15 is 0 Å². The molecule has 1 saturated heterocycles. The molecule has 1 unspecified atom stereocenters. The van der Waals surface area contributed by atoms with Crippen molar-refractivity contribution < 1.29 is 0 Å². The Morgan fingerprint density at radius 3 is 2.78 bits per heavy atom. The van der Waals surface area contributed by atoms with Gasteiger partial charge in [-0.1, -0.05) is 13.3 Å². The molecular weight excluding hydrogens is 224 g/mol. The predicted molar refractivity (Wildman–Crippen MR) is 74.4 cm³/mol. The lowest BCUT2D eigenvalue weighted by atomic mass is 10.1. The molecule has 102 valence electrons. The van der Waals surface area contributed by atoms with Gasteiger partial charge in [-0.3, -0.25) is 4.68 Å². The van der Waals surface area contributed by atoms with E-state index in [4.69, 9.17) is 0 Å². The lowest BCUT2D eigenvalue weighted by Gasteiger charge is -2.29.